The molecular weight excluding hydrogens is 370 g/mol. The Balaban J connectivity index is 1.97. The fourth-order valence-electron chi connectivity index (χ4n) is 2.29. The molecular formula is C19H22ClN3O2S. The van der Waals surface area contributed by atoms with Gasteiger partial charge in [0, 0.05) is 5.69 Å². The number of thiocarbonyl (C=S) groups is 1. The first-order valence-corrected chi connectivity index (χ1v) is 8.84. The first-order chi connectivity index (χ1) is 12.4. The number of nitrogens with zero attached hydrogens (tertiary/aromatic N) is 1. The van der Waals surface area contributed by atoms with Crippen LogP contribution < -0.4 is 20.2 Å². The quantitative estimate of drug-likeness (QED) is 0.420. The van der Waals surface area contributed by atoms with E-state index in [1.807, 2.05) is 12.1 Å². The van der Waals surface area contributed by atoms with Crippen LogP contribution in [0.15, 0.2) is 41.5 Å². The van der Waals surface area contributed by atoms with Crippen molar-refractivity contribution in [3.05, 3.63) is 52.5 Å². The van der Waals surface area contributed by atoms with Crippen LogP contribution in [0.4, 0.5) is 5.69 Å². The lowest BCUT2D eigenvalue weighted by atomic mass is 10.0. The van der Waals surface area contributed by atoms with E-state index < -0.39 is 0 Å². The smallest absolute Gasteiger partial charge is 0.191 e. The van der Waals surface area contributed by atoms with Gasteiger partial charge in [-0.15, -0.1) is 0 Å². The van der Waals surface area contributed by atoms with Crippen molar-refractivity contribution < 1.29 is 9.47 Å². The Bertz CT molecular complexity index is 792. The minimum atomic E-state index is 0.394. The summed E-state index contributed by atoms with van der Waals surface area (Å²) < 4.78 is 10.5. The van der Waals surface area contributed by atoms with Gasteiger partial charge in [-0.05, 0) is 53.5 Å². The van der Waals surface area contributed by atoms with E-state index in [4.69, 9.17) is 33.3 Å². The summed E-state index contributed by atoms with van der Waals surface area (Å²) >= 11 is 11.4. The highest BCUT2D eigenvalue weighted by molar-refractivity contribution is 7.80. The van der Waals surface area contributed by atoms with Crippen molar-refractivity contribution in [2.75, 3.05) is 19.5 Å². The maximum Gasteiger partial charge on any atom is 0.191 e. The molecule has 2 aromatic carbocycles. The third-order valence-corrected chi connectivity index (χ3v) is 4.14. The zero-order chi connectivity index (χ0) is 19.1. The third kappa shape index (κ3) is 5.34. The maximum absolute atomic E-state index is 6.17. The largest absolute Gasteiger partial charge is 0.493 e. The molecule has 26 heavy (non-hydrogen) atoms. The van der Waals surface area contributed by atoms with Crippen LogP contribution in [0.3, 0.4) is 0 Å². The molecule has 0 heterocycles. The summed E-state index contributed by atoms with van der Waals surface area (Å²) in [7, 11) is 3.09. The third-order valence-electron chi connectivity index (χ3n) is 3.67. The van der Waals surface area contributed by atoms with Crippen LogP contribution in [0.1, 0.15) is 30.9 Å². The Morgan fingerprint density at radius 1 is 1.15 bits per heavy atom. The van der Waals surface area contributed by atoms with E-state index in [1.54, 1.807) is 25.5 Å². The molecule has 0 fully saturated rings. The molecule has 7 heteroatoms. The molecule has 2 N–H and O–H groups in total. The minimum absolute atomic E-state index is 0.394. The van der Waals surface area contributed by atoms with Gasteiger partial charge in [-0.3, -0.25) is 5.43 Å². The van der Waals surface area contributed by atoms with Crippen LogP contribution in [-0.4, -0.2) is 25.5 Å². The number of benzene rings is 2. The molecule has 138 valence electrons. The van der Waals surface area contributed by atoms with Crippen molar-refractivity contribution in [3.8, 4) is 11.5 Å². The lowest BCUT2D eigenvalue weighted by Crippen LogP contribution is -2.23. The molecule has 0 saturated carbocycles. The molecule has 5 nitrogen and oxygen atoms in total. The molecule has 0 unspecified atom stereocenters. The number of methoxy groups -OCH3 is 2. The van der Waals surface area contributed by atoms with E-state index in [2.05, 4.69) is 41.8 Å². The van der Waals surface area contributed by atoms with Gasteiger partial charge in [0.1, 0.15) is 0 Å². The van der Waals surface area contributed by atoms with Gasteiger partial charge in [0.25, 0.3) is 0 Å². The highest BCUT2D eigenvalue weighted by Gasteiger charge is 2.09. The van der Waals surface area contributed by atoms with Crippen molar-refractivity contribution in [2.45, 2.75) is 19.8 Å². The summed E-state index contributed by atoms with van der Waals surface area (Å²) in [6, 6.07) is 11.6. The van der Waals surface area contributed by atoms with Crippen molar-refractivity contribution in [1.82, 2.24) is 5.43 Å². The van der Waals surface area contributed by atoms with E-state index in [0.29, 0.717) is 27.6 Å². The van der Waals surface area contributed by atoms with Gasteiger partial charge in [-0.1, -0.05) is 37.6 Å². The van der Waals surface area contributed by atoms with E-state index in [0.717, 1.165) is 11.3 Å². The van der Waals surface area contributed by atoms with Gasteiger partial charge >= 0.3 is 0 Å². The van der Waals surface area contributed by atoms with E-state index >= 15 is 0 Å². The Kier molecular flexibility index (Phi) is 7.24. The minimum Gasteiger partial charge on any atom is -0.493 e. The van der Waals surface area contributed by atoms with E-state index in [9.17, 15) is 0 Å². The molecule has 2 rings (SSSR count). The van der Waals surface area contributed by atoms with Crippen LogP contribution in [0, 0.1) is 0 Å². The number of halogens is 1. The normalized spacial score (nSPS) is 10.8. The number of nitrogens with one attached hydrogen (secondary N) is 2. The lowest BCUT2D eigenvalue weighted by Gasteiger charge is -2.10. The summed E-state index contributed by atoms with van der Waals surface area (Å²) in [6.07, 6.45) is 1.60. The Labute approximate surface area is 164 Å². The predicted octanol–water partition coefficient (Wildman–Crippen LogP) is 4.80. The Morgan fingerprint density at radius 3 is 2.42 bits per heavy atom. The predicted molar refractivity (Wildman–Crippen MR) is 112 cm³/mol. The van der Waals surface area contributed by atoms with Crippen LogP contribution >= 0.6 is 23.8 Å². The summed E-state index contributed by atoms with van der Waals surface area (Å²) in [5, 5.41) is 8.04. The second kappa shape index (κ2) is 9.40. The molecule has 0 radical (unpaired) electrons. The monoisotopic (exact) mass is 391 g/mol. The summed E-state index contributed by atoms with van der Waals surface area (Å²) in [5.41, 5.74) is 5.71. The number of hydrogen-bond donors (Lipinski definition) is 2. The Hall–Kier alpha value is -2.31. The van der Waals surface area contributed by atoms with Gasteiger partial charge in [0.15, 0.2) is 16.6 Å². The summed E-state index contributed by atoms with van der Waals surface area (Å²) in [4.78, 5) is 0. The second-order valence-corrected chi connectivity index (χ2v) is 6.65. The first kappa shape index (κ1) is 20.0. The van der Waals surface area contributed by atoms with Gasteiger partial charge in [-0.25, -0.2) is 0 Å². The van der Waals surface area contributed by atoms with Crippen molar-refractivity contribution in [1.29, 1.82) is 0 Å². The SMILES string of the molecule is COc1cc(/C=N\NC(=S)Nc2ccc(C(C)C)cc2)cc(Cl)c1OC. The topological polar surface area (TPSA) is 54.9 Å². The Morgan fingerprint density at radius 2 is 1.85 bits per heavy atom. The number of rotatable bonds is 6. The lowest BCUT2D eigenvalue weighted by molar-refractivity contribution is 0.355. The summed E-state index contributed by atoms with van der Waals surface area (Å²) in [6.45, 7) is 4.31. The fraction of sp³-hybridized carbons (Fsp3) is 0.263. The van der Waals surface area contributed by atoms with Crippen LogP contribution in [0.2, 0.25) is 5.02 Å². The fourth-order valence-corrected chi connectivity index (χ4v) is 2.76. The molecule has 0 aliphatic rings. The standard InChI is InChI=1S/C19H22ClN3O2S/c1-12(2)14-5-7-15(8-6-14)22-19(26)23-21-11-13-9-16(20)18(25-4)17(10-13)24-3/h5-12H,1-4H3,(H2,22,23,26)/b21-11-. The summed E-state index contributed by atoms with van der Waals surface area (Å²) in [5.74, 6) is 1.51. The molecule has 0 aliphatic carbocycles. The number of hydrazone groups is 1. The average Bonchev–Trinajstić information content (AvgIpc) is 2.61. The van der Waals surface area contributed by atoms with Crippen molar-refractivity contribution in [3.63, 3.8) is 0 Å². The zero-order valence-corrected chi connectivity index (χ0v) is 16.7. The molecule has 0 aromatic heterocycles. The molecule has 0 bridgehead atoms. The first-order valence-electron chi connectivity index (χ1n) is 8.06. The molecule has 0 aliphatic heterocycles. The molecule has 0 amide bonds. The number of anilines is 1. The average molecular weight is 392 g/mol. The van der Waals surface area contributed by atoms with E-state index in [1.165, 1.54) is 12.7 Å². The second-order valence-electron chi connectivity index (χ2n) is 5.84. The van der Waals surface area contributed by atoms with Crippen LogP contribution in [0.25, 0.3) is 0 Å². The highest BCUT2D eigenvalue weighted by Crippen LogP contribution is 2.35. The number of hydrogen-bond acceptors (Lipinski definition) is 4. The van der Waals surface area contributed by atoms with Crippen LogP contribution in [0.5, 0.6) is 11.5 Å². The van der Waals surface area contributed by atoms with Gasteiger partial charge in [0.2, 0.25) is 0 Å². The number of ether oxygens (including phenoxy) is 2. The highest BCUT2D eigenvalue weighted by atomic mass is 35.5. The van der Waals surface area contributed by atoms with Crippen LogP contribution in [-0.2, 0) is 0 Å². The van der Waals surface area contributed by atoms with Crippen molar-refractivity contribution >= 4 is 40.8 Å². The van der Waals surface area contributed by atoms with Gasteiger partial charge in [0.05, 0.1) is 25.5 Å². The van der Waals surface area contributed by atoms with Crippen molar-refractivity contribution in [2.24, 2.45) is 5.10 Å². The molecule has 0 atom stereocenters. The molecule has 2 aromatic rings. The zero-order valence-electron chi connectivity index (χ0n) is 15.2. The van der Waals surface area contributed by atoms with Gasteiger partial charge in [-0.2, -0.15) is 5.10 Å². The molecule has 0 saturated heterocycles. The van der Waals surface area contributed by atoms with E-state index in [-0.39, 0.29) is 0 Å². The molecule has 0 spiro atoms. The maximum atomic E-state index is 6.17. The van der Waals surface area contributed by atoms with Gasteiger partial charge < -0.3 is 14.8 Å².